The van der Waals surface area contributed by atoms with Gasteiger partial charge in [-0.15, -0.1) is 0 Å². The third-order valence-corrected chi connectivity index (χ3v) is 5.52. The number of halogens is 1. The van der Waals surface area contributed by atoms with E-state index in [4.69, 9.17) is 5.73 Å². The Morgan fingerprint density at radius 1 is 1.32 bits per heavy atom. The van der Waals surface area contributed by atoms with Crippen molar-refractivity contribution in [1.82, 2.24) is 4.72 Å². The molecular formula is C13H19FN2O2S. The molecule has 1 aromatic carbocycles. The summed E-state index contributed by atoms with van der Waals surface area (Å²) in [5, 5.41) is 0. The highest BCUT2D eigenvalue weighted by Gasteiger charge is 2.33. The number of rotatable bonds is 3. The van der Waals surface area contributed by atoms with Crippen molar-refractivity contribution >= 4 is 15.7 Å². The van der Waals surface area contributed by atoms with Crippen LogP contribution in [0.2, 0.25) is 0 Å². The summed E-state index contributed by atoms with van der Waals surface area (Å²) in [7, 11) is -3.86. The average Bonchev–Trinajstić information content (AvgIpc) is 2.63. The molecule has 4 nitrogen and oxygen atoms in total. The van der Waals surface area contributed by atoms with Gasteiger partial charge in [0.15, 0.2) is 0 Å². The van der Waals surface area contributed by atoms with Crippen LogP contribution in [0.3, 0.4) is 0 Å². The quantitative estimate of drug-likeness (QED) is 0.836. The summed E-state index contributed by atoms with van der Waals surface area (Å²) in [4.78, 5) is -0.376. The summed E-state index contributed by atoms with van der Waals surface area (Å²) < 4.78 is 40.6. The summed E-state index contributed by atoms with van der Waals surface area (Å²) in [5.41, 5.74) is 5.75. The minimum Gasteiger partial charge on any atom is -0.399 e. The Morgan fingerprint density at radius 3 is 2.58 bits per heavy atom. The number of sulfonamides is 1. The Balaban J connectivity index is 2.26. The maximum Gasteiger partial charge on any atom is 0.243 e. The minimum absolute atomic E-state index is 0.138. The van der Waals surface area contributed by atoms with E-state index >= 15 is 0 Å². The normalized spacial score (nSPS) is 27.6. The topological polar surface area (TPSA) is 72.2 Å². The summed E-state index contributed by atoms with van der Waals surface area (Å²) >= 11 is 0. The van der Waals surface area contributed by atoms with Crippen LogP contribution in [0.25, 0.3) is 0 Å². The summed E-state index contributed by atoms with van der Waals surface area (Å²) in [6, 6.07) is 3.43. The molecule has 0 heterocycles. The number of nitrogens with two attached hydrogens (primary N) is 1. The standard InChI is InChI=1S/C13H19FN2O2S/c1-8-3-6-12(9(8)2)16-19(17,18)13-7-10(15)4-5-11(13)14/h4-5,7-9,12,16H,3,6,15H2,1-2H3. The van der Waals surface area contributed by atoms with Crippen LogP contribution in [0.1, 0.15) is 26.7 Å². The smallest absolute Gasteiger partial charge is 0.243 e. The highest BCUT2D eigenvalue weighted by Crippen LogP contribution is 2.32. The van der Waals surface area contributed by atoms with Crippen molar-refractivity contribution in [2.45, 2.75) is 37.6 Å². The highest BCUT2D eigenvalue weighted by atomic mass is 32.2. The molecule has 0 saturated heterocycles. The Labute approximate surface area is 113 Å². The van der Waals surface area contributed by atoms with Crippen LogP contribution in [-0.2, 0) is 10.0 Å². The van der Waals surface area contributed by atoms with Crippen molar-refractivity contribution < 1.29 is 12.8 Å². The third-order valence-electron chi connectivity index (χ3n) is 4.02. The van der Waals surface area contributed by atoms with Crippen LogP contribution in [0.5, 0.6) is 0 Å². The summed E-state index contributed by atoms with van der Waals surface area (Å²) in [6.45, 7) is 4.11. The third kappa shape index (κ3) is 2.90. The van der Waals surface area contributed by atoms with Crippen molar-refractivity contribution in [3.8, 4) is 0 Å². The van der Waals surface area contributed by atoms with Gasteiger partial charge >= 0.3 is 0 Å². The van der Waals surface area contributed by atoms with Crippen LogP contribution in [-0.4, -0.2) is 14.5 Å². The monoisotopic (exact) mass is 286 g/mol. The van der Waals surface area contributed by atoms with Gasteiger partial charge in [-0.05, 0) is 42.9 Å². The Morgan fingerprint density at radius 2 is 2.00 bits per heavy atom. The number of anilines is 1. The van der Waals surface area contributed by atoms with Gasteiger partial charge in [-0.2, -0.15) is 0 Å². The van der Waals surface area contributed by atoms with Crippen molar-refractivity contribution in [2.75, 3.05) is 5.73 Å². The van der Waals surface area contributed by atoms with E-state index in [9.17, 15) is 12.8 Å². The number of hydrogen-bond donors (Lipinski definition) is 2. The summed E-state index contributed by atoms with van der Waals surface area (Å²) in [5.74, 6) is -0.0577. The van der Waals surface area contributed by atoms with Gasteiger partial charge in [0.05, 0.1) is 0 Å². The molecule has 3 atom stereocenters. The molecule has 0 spiro atoms. The molecule has 0 radical (unpaired) electrons. The lowest BCUT2D eigenvalue weighted by Gasteiger charge is -2.19. The second-order valence-electron chi connectivity index (χ2n) is 5.33. The van der Waals surface area contributed by atoms with E-state index in [0.717, 1.165) is 25.0 Å². The fraction of sp³-hybridized carbons (Fsp3) is 0.538. The van der Waals surface area contributed by atoms with Gasteiger partial charge in [0.2, 0.25) is 10.0 Å². The Bertz CT molecular complexity index is 574. The molecule has 3 N–H and O–H groups in total. The molecule has 1 fully saturated rings. The first-order valence-electron chi connectivity index (χ1n) is 6.38. The van der Waals surface area contributed by atoms with Crippen molar-refractivity contribution in [1.29, 1.82) is 0 Å². The molecule has 1 aromatic rings. The first-order chi connectivity index (χ1) is 8.81. The van der Waals surface area contributed by atoms with Crippen LogP contribution in [0.15, 0.2) is 23.1 Å². The van der Waals surface area contributed by atoms with E-state index in [1.165, 1.54) is 6.07 Å². The fourth-order valence-corrected chi connectivity index (χ4v) is 3.99. The zero-order valence-electron chi connectivity index (χ0n) is 11.1. The van der Waals surface area contributed by atoms with Crippen molar-refractivity contribution in [2.24, 2.45) is 11.8 Å². The molecule has 1 saturated carbocycles. The number of hydrogen-bond acceptors (Lipinski definition) is 3. The molecule has 0 bridgehead atoms. The lowest BCUT2D eigenvalue weighted by atomic mass is 9.98. The predicted molar refractivity (Wildman–Crippen MR) is 72.5 cm³/mol. The van der Waals surface area contributed by atoms with E-state index in [1.807, 2.05) is 6.92 Å². The van der Waals surface area contributed by atoms with Gasteiger partial charge in [0.25, 0.3) is 0 Å². The molecule has 19 heavy (non-hydrogen) atoms. The van der Waals surface area contributed by atoms with Crippen LogP contribution >= 0.6 is 0 Å². The SMILES string of the molecule is CC1CCC(NS(=O)(=O)c2cc(N)ccc2F)C1C. The lowest BCUT2D eigenvalue weighted by Crippen LogP contribution is -2.37. The van der Waals surface area contributed by atoms with Crippen LogP contribution in [0.4, 0.5) is 10.1 Å². The van der Waals surface area contributed by atoms with Gasteiger partial charge in [0.1, 0.15) is 10.7 Å². The van der Waals surface area contributed by atoms with Gasteiger partial charge in [-0.25, -0.2) is 17.5 Å². The molecule has 1 aliphatic carbocycles. The van der Waals surface area contributed by atoms with E-state index in [1.54, 1.807) is 0 Å². The molecule has 106 valence electrons. The first kappa shape index (κ1) is 14.3. The average molecular weight is 286 g/mol. The van der Waals surface area contributed by atoms with Crippen LogP contribution in [0, 0.1) is 17.7 Å². The van der Waals surface area contributed by atoms with Gasteiger partial charge in [0, 0.05) is 11.7 Å². The molecule has 6 heteroatoms. The van der Waals surface area contributed by atoms with E-state index in [2.05, 4.69) is 11.6 Å². The van der Waals surface area contributed by atoms with E-state index < -0.39 is 15.8 Å². The summed E-state index contributed by atoms with van der Waals surface area (Å²) in [6.07, 6.45) is 1.76. The Hall–Kier alpha value is -1.14. The predicted octanol–water partition coefficient (Wildman–Crippen LogP) is 2.12. The van der Waals surface area contributed by atoms with Gasteiger partial charge in [-0.3, -0.25) is 0 Å². The molecule has 0 amide bonds. The molecular weight excluding hydrogens is 267 g/mol. The maximum atomic E-state index is 13.6. The molecule has 1 aliphatic rings. The highest BCUT2D eigenvalue weighted by molar-refractivity contribution is 7.89. The largest absolute Gasteiger partial charge is 0.399 e. The zero-order chi connectivity index (χ0) is 14.2. The zero-order valence-corrected chi connectivity index (χ0v) is 11.9. The molecule has 0 aromatic heterocycles. The second kappa shape index (κ2) is 5.09. The second-order valence-corrected chi connectivity index (χ2v) is 7.01. The number of benzene rings is 1. The molecule has 3 unspecified atom stereocenters. The van der Waals surface area contributed by atoms with Gasteiger partial charge < -0.3 is 5.73 Å². The fourth-order valence-electron chi connectivity index (χ4n) is 2.52. The van der Waals surface area contributed by atoms with E-state index in [-0.39, 0.29) is 22.5 Å². The van der Waals surface area contributed by atoms with Crippen molar-refractivity contribution in [3.63, 3.8) is 0 Å². The van der Waals surface area contributed by atoms with Crippen LogP contribution < -0.4 is 10.5 Å². The Kier molecular flexibility index (Phi) is 3.82. The number of nitrogens with one attached hydrogen (secondary N) is 1. The molecule has 2 rings (SSSR count). The number of nitrogen functional groups attached to an aromatic ring is 1. The van der Waals surface area contributed by atoms with Gasteiger partial charge in [-0.1, -0.05) is 13.8 Å². The van der Waals surface area contributed by atoms with Crippen molar-refractivity contribution in [3.05, 3.63) is 24.0 Å². The lowest BCUT2D eigenvalue weighted by molar-refractivity contribution is 0.401. The van der Waals surface area contributed by atoms with E-state index in [0.29, 0.717) is 5.92 Å². The molecule has 0 aliphatic heterocycles. The minimum atomic E-state index is -3.86. The maximum absolute atomic E-state index is 13.6. The first-order valence-corrected chi connectivity index (χ1v) is 7.87.